The van der Waals surface area contributed by atoms with Gasteiger partial charge in [-0.25, -0.2) is 4.39 Å². The van der Waals surface area contributed by atoms with Crippen LogP contribution in [-0.4, -0.2) is 57.2 Å². The number of hydrogen-bond donors (Lipinski definition) is 0. The van der Waals surface area contributed by atoms with E-state index in [9.17, 15) is 9.18 Å². The quantitative estimate of drug-likeness (QED) is 0.649. The molecule has 7 nitrogen and oxygen atoms in total. The normalized spacial score (nSPS) is 14.7. The van der Waals surface area contributed by atoms with Crippen molar-refractivity contribution in [3.05, 3.63) is 59.9 Å². The van der Waals surface area contributed by atoms with Crippen LogP contribution in [0.25, 0.3) is 11.4 Å². The Kier molecular flexibility index (Phi) is 5.74. The number of likely N-dealkylation sites (N-methyl/N-ethyl adjacent to an activating group) is 1. The number of carbonyl (C=O) groups excluding carboxylic acids is 1. The number of nitrogens with zero attached hydrogens (tertiary/aromatic N) is 6. The lowest BCUT2D eigenvalue weighted by Gasteiger charge is -2.37. The second kappa shape index (κ2) is 8.61. The fourth-order valence-electron chi connectivity index (χ4n) is 3.73. The number of aromatic nitrogens is 4. The Bertz CT molecular complexity index is 993. The predicted octanol–water partition coefficient (Wildman–Crippen LogP) is 2.92. The molecule has 156 valence electrons. The first-order valence-corrected chi connectivity index (χ1v) is 10.1. The van der Waals surface area contributed by atoms with Crippen molar-refractivity contribution < 1.29 is 9.18 Å². The number of carbonyl (C=O) groups is 1. The van der Waals surface area contributed by atoms with Crippen molar-refractivity contribution >= 4 is 11.6 Å². The van der Waals surface area contributed by atoms with E-state index >= 15 is 0 Å². The average molecular weight is 408 g/mol. The lowest BCUT2D eigenvalue weighted by atomic mass is 10.0. The summed E-state index contributed by atoms with van der Waals surface area (Å²) in [5, 5.41) is 12.4. The zero-order valence-corrected chi connectivity index (χ0v) is 17.2. The molecule has 30 heavy (non-hydrogen) atoms. The summed E-state index contributed by atoms with van der Waals surface area (Å²) >= 11 is 0. The largest absolute Gasteiger partial charge is 0.371 e. The summed E-state index contributed by atoms with van der Waals surface area (Å²) < 4.78 is 13.1. The average Bonchev–Trinajstić information content (AvgIpc) is 3.23. The number of tetrazole rings is 1. The van der Waals surface area contributed by atoms with Gasteiger partial charge in [0.15, 0.2) is 0 Å². The molecule has 1 aliphatic rings. The van der Waals surface area contributed by atoms with Gasteiger partial charge in [0, 0.05) is 37.4 Å². The Labute approximate surface area is 175 Å². The standard InChI is InChI=1S/C22H25FN6O/c1-16-3-5-17(6-4-16)22-24-26-29(25-22)15-21(30)27(2)19-11-13-28(14-12-19)20-9-7-18(23)8-10-20/h3-10,19H,11-15H2,1-2H3. The SMILES string of the molecule is Cc1ccc(-c2nnn(CC(=O)N(C)C3CCN(c4ccc(F)cc4)CC3)n2)cc1. The second-order valence-corrected chi connectivity index (χ2v) is 7.71. The molecule has 1 saturated heterocycles. The van der Waals surface area contributed by atoms with E-state index in [4.69, 9.17) is 0 Å². The van der Waals surface area contributed by atoms with Gasteiger partial charge in [-0.05, 0) is 49.2 Å². The molecule has 1 amide bonds. The molecule has 0 atom stereocenters. The molecule has 2 heterocycles. The van der Waals surface area contributed by atoms with Crippen molar-refractivity contribution in [2.75, 3.05) is 25.0 Å². The van der Waals surface area contributed by atoms with Crippen LogP contribution in [0.15, 0.2) is 48.5 Å². The maximum atomic E-state index is 13.1. The van der Waals surface area contributed by atoms with Crippen LogP contribution in [0.3, 0.4) is 0 Å². The highest BCUT2D eigenvalue weighted by molar-refractivity contribution is 5.76. The fourth-order valence-corrected chi connectivity index (χ4v) is 3.73. The molecule has 4 rings (SSSR count). The highest BCUT2D eigenvalue weighted by Gasteiger charge is 2.26. The van der Waals surface area contributed by atoms with E-state index in [0.29, 0.717) is 5.82 Å². The van der Waals surface area contributed by atoms with Crippen LogP contribution in [0.4, 0.5) is 10.1 Å². The van der Waals surface area contributed by atoms with Crippen LogP contribution >= 0.6 is 0 Å². The van der Waals surface area contributed by atoms with Gasteiger partial charge < -0.3 is 9.80 Å². The summed E-state index contributed by atoms with van der Waals surface area (Å²) in [6.07, 6.45) is 1.72. The number of hydrogen-bond acceptors (Lipinski definition) is 5. The van der Waals surface area contributed by atoms with Crippen molar-refractivity contribution in [1.82, 2.24) is 25.1 Å². The summed E-state index contributed by atoms with van der Waals surface area (Å²) in [6.45, 7) is 3.74. The van der Waals surface area contributed by atoms with Crippen LogP contribution in [0, 0.1) is 12.7 Å². The van der Waals surface area contributed by atoms with Crippen molar-refractivity contribution in [2.45, 2.75) is 32.4 Å². The van der Waals surface area contributed by atoms with Crippen molar-refractivity contribution in [3.8, 4) is 11.4 Å². The second-order valence-electron chi connectivity index (χ2n) is 7.71. The van der Waals surface area contributed by atoms with E-state index in [-0.39, 0.29) is 24.3 Å². The van der Waals surface area contributed by atoms with E-state index in [1.165, 1.54) is 16.9 Å². The maximum Gasteiger partial charge on any atom is 0.246 e. The lowest BCUT2D eigenvalue weighted by Crippen LogP contribution is -2.46. The van der Waals surface area contributed by atoms with E-state index in [0.717, 1.165) is 42.7 Å². The number of anilines is 1. The minimum absolute atomic E-state index is 0.0388. The fraction of sp³-hybridized carbons (Fsp3) is 0.364. The molecule has 8 heteroatoms. The van der Waals surface area contributed by atoms with Crippen molar-refractivity contribution in [1.29, 1.82) is 0 Å². The van der Waals surface area contributed by atoms with E-state index < -0.39 is 0 Å². The van der Waals surface area contributed by atoms with Gasteiger partial charge in [0.05, 0.1) is 0 Å². The minimum atomic E-state index is -0.230. The first-order valence-electron chi connectivity index (χ1n) is 10.1. The summed E-state index contributed by atoms with van der Waals surface area (Å²) in [5.41, 5.74) is 3.05. The molecule has 0 aliphatic carbocycles. The Morgan fingerprint density at radius 2 is 1.77 bits per heavy atom. The topological polar surface area (TPSA) is 67.2 Å². The third-order valence-electron chi connectivity index (χ3n) is 5.64. The summed E-state index contributed by atoms with van der Waals surface area (Å²) in [6, 6.07) is 14.6. The molecular formula is C22H25FN6O. The molecule has 0 saturated carbocycles. The molecule has 0 bridgehead atoms. The van der Waals surface area contributed by atoms with Gasteiger partial charge in [-0.15, -0.1) is 10.2 Å². The van der Waals surface area contributed by atoms with E-state index in [2.05, 4.69) is 20.3 Å². The van der Waals surface area contributed by atoms with Gasteiger partial charge >= 0.3 is 0 Å². The third kappa shape index (κ3) is 4.48. The van der Waals surface area contributed by atoms with Gasteiger partial charge in [-0.2, -0.15) is 4.80 Å². The summed E-state index contributed by atoms with van der Waals surface area (Å²) in [7, 11) is 1.83. The van der Waals surface area contributed by atoms with Gasteiger partial charge in [0.1, 0.15) is 12.4 Å². The molecule has 0 spiro atoms. The van der Waals surface area contributed by atoms with Gasteiger partial charge in [0.2, 0.25) is 11.7 Å². The molecule has 0 radical (unpaired) electrons. The van der Waals surface area contributed by atoms with Crippen LogP contribution in [-0.2, 0) is 11.3 Å². The molecule has 1 aromatic heterocycles. The van der Waals surface area contributed by atoms with Crippen molar-refractivity contribution in [3.63, 3.8) is 0 Å². The van der Waals surface area contributed by atoms with E-state index in [1.807, 2.05) is 38.2 Å². The molecular weight excluding hydrogens is 383 g/mol. The Morgan fingerprint density at radius 1 is 1.10 bits per heavy atom. The highest BCUT2D eigenvalue weighted by Crippen LogP contribution is 2.22. The summed E-state index contributed by atoms with van der Waals surface area (Å²) in [5.74, 6) is 0.243. The molecule has 0 N–H and O–H groups in total. The van der Waals surface area contributed by atoms with Crippen LogP contribution in [0.2, 0.25) is 0 Å². The number of halogens is 1. The van der Waals surface area contributed by atoms with E-state index in [1.54, 1.807) is 17.0 Å². The zero-order valence-electron chi connectivity index (χ0n) is 17.2. The van der Waals surface area contributed by atoms with Crippen molar-refractivity contribution in [2.24, 2.45) is 0 Å². The highest BCUT2D eigenvalue weighted by atomic mass is 19.1. The molecule has 3 aromatic rings. The molecule has 0 unspecified atom stereocenters. The summed E-state index contributed by atoms with van der Waals surface area (Å²) in [4.78, 5) is 18.1. The van der Waals surface area contributed by atoms with Gasteiger partial charge in [-0.3, -0.25) is 4.79 Å². The maximum absolute atomic E-state index is 13.1. The molecule has 1 aliphatic heterocycles. The number of rotatable bonds is 5. The first-order chi connectivity index (χ1) is 14.5. The Morgan fingerprint density at radius 3 is 2.43 bits per heavy atom. The number of amides is 1. The van der Waals surface area contributed by atoms with Gasteiger partial charge in [0.25, 0.3) is 0 Å². The van der Waals surface area contributed by atoms with Crippen LogP contribution in [0.5, 0.6) is 0 Å². The third-order valence-corrected chi connectivity index (χ3v) is 5.64. The number of piperidine rings is 1. The number of benzene rings is 2. The molecule has 2 aromatic carbocycles. The minimum Gasteiger partial charge on any atom is -0.371 e. The first kappa shape index (κ1) is 20.0. The van der Waals surface area contributed by atoms with Crippen LogP contribution in [0.1, 0.15) is 18.4 Å². The predicted molar refractivity (Wildman–Crippen MR) is 112 cm³/mol. The Balaban J connectivity index is 1.32. The van der Waals surface area contributed by atoms with Crippen LogP contribution < -0.4 is 4.90 Å². The monoisotopic (exact) mass is 408 g/mol. The smallest absolute Gasteiger partial charge is 0.246 e. The molecule has 1 fully saturated rings. The van der Waals surface area contributed by atoms with Gasteiger partial charge in [-0.1, -0.05) is 29.8 Å². The zero-order chi connectivity index (χ0) is 21.1. The lowest BCUT2D eigenvalue weighted by molar-refractivity contribution is -0.133. The Hall–Kier alpha value is -3.29. The number of aryl methyl sites for hydroxylation is 1.